The van der Waals surface area contributed by atoms with Crippen molar-refractivity contribution in [3.05, 3.63) is 22.9 Å². The molecule has 1 heterocycles. The predicted octanol–water partition coefficient (Wildman–Crippen LogP) is 3.29. The summed E-state index contributed by atoms with van der Waals surface area (Å²) in [7, 11) is 0. The largest absolute Gasteiger partial charge is 0.368 e. The second-order valence-electron chi connectivity index (χ2n) is 6.22. The van der Waals surface area contributed by atoms with Gasteiger partial charge in [-0.3, -0.25) is 0 Å². The first-order chi connectivity index (χ1) is 8.49. The van der Waals surface area contributed by atoms with E-state index in [-0.39, 0.29) is 5.41 Å². The van der Waals surface area contributed by atoms with E-state index in [4.69, 9.17) is 0 Å². The first kappa shape index (κ1) is 12.9. The lowest BCUT2D eigenvalue weighted by Crippen LogP contribution is -2.21. The molecule has 0 amide bonds. The van der Waals surface area contributed by atoms with E-state index in [1.807, 2.05) is 6.07 Å². The van der Waals surface area contributed by atoms with Gasteiger partial charge in [0.05, 0.1) is 5.56 Å². The molecule has 1 aromatic rings. The van der Waals surface area contributed by atoms with Gasteiger partial charge in [-0.05, 0) is 42.7 Å². The van der Waals surface area contributed by atoms with Crippen molar-refractivity contribution in [2.75, 3.05) is 11.9 Å². The third kappa shape index (κ3) is 3.01. The summed E-state index contributed by atoms with van der Waals surface area (Å²) in [6.07, 6.45) is 4.54. The predicted molar refractivity (Wildman–Crippen MR) is 73.5 cm³/mol. The summed E-state index contributed by atoms with van der Waals surface area (Å²) >= 11 is 0. The van der Waals surface area contributed by atoms with Crippen LogP contribution in [0.3, 0.4) is 0 Å². The van der Waals surface area contributed by atoms with Crippen LogP contribution in [-0.2, 0) is 12.8 Å². The Morgan fingerprint density at radius 2 is 2.06 bits per heavy atom. The topological polar surface area (TPSA) is 48.7 Å². The summed E-state index contributed by atoms with van der Waals surface area (Å²) in [6, 6.07) is 4.28. The molecule has 0 radical (unpaired) electrons. The summed E-state index contributed by atoms with van der Waals surface area (Å²) < 4.78 is 0. The molecule has 0 bridgehead atoms. The van der Waals surface area contributed by atoms with E-state index in [2.05, 4.69) is 37.1 Å². The van der Waals surface area contributed by atoms with Gasteiger partial charge in [0.25, 0.3) is 0 Å². The SMILES string of the molecule is CC(C)(C)CNc1nc2c(cc1C#N)CCCC2. The van der Waals surface area contributed by atoms with E-state index in [1.165, 1.54) is 24.1 Å². The number of hydrogen-bond acceptors (Lipinski definition) is 3. The maximum absolute atomic E-state index is 9.22. The number of aryl methyl sites for hydroxylation is 2. The van der Waals surface area contributed by atoms with Crippen LogP contribution in [-0.4, -0.2) is 11.5 Å². The van der Waals surface area contributed by atoms with Gasteiger partial charge in [-0.15, -0.1) is 0 Å². The molecule has 2 rings (SSSR count). The monoisotopic (exact) mass is 243 g/mol. The lowest BCUT2D eigenvalue weighted by molar-refractivity contribution is 0.442. The fraction of sp³-hybridized carbons (Fsp3) is 0.600. The maximum atomic E-state index is 9.22. The van der Waals surface area contributed by atoms with Gasteiger partial charge >= 0.3 is 0 Å². The molecule has 3 heteroatoms. The molecule has 0 fully saturated rings. The van der Waals surface area contributed by atoms with Gasteiger partial charge in [0, 0.05) is 12.2 Å². The third-order valence-corrected chi connectivity index (χ3v) is 3.21. The van der Waals surface area contributed by atoms with Crippen LogP contribution in [0, 0.1) is 16.7 Å². The Bertz CT molecular complexity index is 478. The van der Waals surface area contributed by atoms with Gasteiger partial charge in [0.2, 0.25) is 0 Å². The second kappa shape index (κ2) is 4.97. The van der Waals surface area contributed by atoms with E-state index in [1.54, 1.807) is 0 Å². The minimum Gasteiger partial charge on any atom is -0.368 e. The first-order valence-electron chi connectivity index (χ1n) is 6.66. The van der Waals surface area contributed by atoms with Crippen LogP contribution in [0.2, 0.25) is 0 Å². The number of rotatable bonds is 2. The summed E-state index contributed by atoms with van der Waals surface area (Å²) in [5, 5.41) is 12.5. The highest BCUT2D eigenvalue weighted by Gasteiger charge is 2.16. The Hall–Kier alpha value is -1.56. The number of aromatic nitrogens is 1. The Morgan fingerprint density at radius 3 is 2.72 bits per heavy atom. The Morgan fingerprint density at radius 1 is 1.33 bits per heavy atom. The minimum absolute atomic E-state index is 0.185. The summed E-state index contributed by atoms with van der Waals surface area (Å²) in [5.41, 5.74) is 3.31. The van der Waals surface area contributed by atoms with Crippen LogP contribution >= 0.6 is 0 Å². The quantitative estimate of drug-likeness (QED) is 0.867. The number of anilines is 1. The van der Waals surface area contributed by atoms with Gasteiger partial charge in [-0.1, -0.05) is 20.8 Å². The van der Waals surface area contributed by atoms with Crippen molar-refractivity contribution in [3.63, 3.8) is 0 Å². The molecule has 0 aromatic carbocycles. The van der Waals surface area contributed by atoms with Gasteiger partial charge in [0.1, 0.15) is 11.9 Å². The zero-order chi connectivity index (χ0) is 13.2. The molecule has 0 spiro atoms. The fourth-order valence-electron chi connectivity index (χ4n) is 2.20. The average molecular weight is 243 g/mol. The molecule has 1 aliphatic carbocycles. The van der Waals surface area contributed by atoms with Crippen molar-refractivity contribution in [3.8, 4) is 6.07 Å². The van der Waals surface area contributed by atoms with Crippen LogP contribution in [0.5, 0.6) is 0 Å². The Labute approximate surface area is 109 Å². The Balaban J connectivity index is 2.26. The van der Waals surface area contributed by atoms with Crippen molar-refractivity contribution < 1.29 is 0 Å². The van der Waals surface area contributed by atoms with Crippen LogP contribution in [0.4, 0.5) is 5.82 Å². The smallest absolute Gasteiger partial charge is 0.144 e. The van der Waals surface area contributed by atoms with Crippen molar-refractivity contribution in [2.24, 2.45) is 5.41 Å². The zero-order valence-electron chi connectivity index (χ0n) is 11.5. The van der Waals surface area contributed by atoms with Crippen molar-refractivity contribution in [2.45, 2.75) is 46.5 Å². The third-order valence-electron chi connectivity index (χ3n) is 3.21. The average Bonchev–Trinajstić information content (AvgIpc) is 2.34. The van der Waals surface area contributed by atoms with Crippen molar-refractivity contribution in [1.29, 1.82) is 5.26 Å². The van der Waals surface area contributed by atoms with Gasteiger partial charge < -0.3 is 5.32 Å². The number of nitrogens with zero attached hydrogens (tertiary/aromatic N) is 2. The molecule has 18 heavy (non-hydrogen) atoms. The molecule has 1 N–H and O–H groups in total. The molecule has 3 nitrogen and oxygen atoms in total. The summed E-state index contributed by atoms with van der Waals surface area (Å²) in [4.78, 5) is 4.65. The molecular weight excluding hydrogens is 222 g/mol. The second-order valence-corrected chi connectivity index (χ2v) is 6.22. The summed E-state index contributed by atoms with van der Waals surface area (Å²) in [6.45, 7) is 7.34. The molecule has 0 atom stereocenters. The fourth-order valence-corrected chi connectivity index (χ4v) is 2.20. The van der Waals surface area contributed by atoms with Crippen LogP contribution in [0.25, 0.3) is 0 Å². The molecule has 96 valence electrons. The molecule has 0 saturated carbocycles. The Kier molecular flexibility index (Phi) is 3.56. The molecule has 0 saturated heterocycles. The number of nitrogens with one attached hydrogen (secondary N) is 1. The number of pyridine rings is 1. The highest BCUT2D eigenvalue weighted by atomic mass is 15.0. The molecule has 1 aromatic heterocycles. The van der Waals surface area contributed by atoms with Crippen molar-refractivity contribution >= 4 is 5.82 Å². The van der Waals surface area contributed by atoms with Gasteiger partial charge in [-0.25, -0.2) is 4.98 Å². The highest BCUT2D eigenvalue weighted by Crippen LogP contribution is 2.25. The number of fused-ring (bicyclic) bond motifs is 1. The first-order valence-corrected chi connectivity index (χ1v) is 6.66. The number of nitriles is 1. The molecule has 0 aliphatic heterocycles. The lowest BCUT2D eigenvalue weighted by atomic mass is 9.94. The molecule has 0 unspecified atom stereocenters. The van der Waals surface area contributed by atoms with Crippen molar-refractivity contribution in [1.82, 2.24) is 4.98 Å². The zero-order valence-corrected chi connectivity index (χ0v) is 11.5. The molecule has 1 aliphatic rings. The van der Waals surface area contributed by atoms with E-state index in [0.717, 1.165) is 25.2 Å². The minimum atomic E-state index is 0.185. The van der Waals surface area contributed by atoms with E-state index in [0.29, 0.717) is 5.56 Å². The lowest BCUT2D eigenvalue weighted by Gasteiger charge is -2.21. The van der Waals surface area contributed by atoms with Crippen LogP contribution in [0.15, 0.2) is 6.07 Å². The van der Waals surface area contributed by atoms with Crippen LogP contribution < -0.4 is 5.32 Å². The van der Waals surface area contributed by atoms with Gasteiger partial charge in [0.15, 0.2) is 0 Å². The van der Waals surface area contributed by atoms with E-state index < -0.39 is 0 Å². The van der Waals surface area contributed by atoms with E-state index in [9.17, 15) is 5.26 Å². The standard InChI is InChI=1S/C15H21N3/c1-15(2,3)10-17-14-12(9-16)8-11-6-4-5-7-13(11)18-14/h8H,4-7,10H2,1-3H3,(H,17,18). The van der Waals surface area contributed by atoms with Crippen LogP contribution in [0.1, 0.15) is 50.4 Å². The summed E-state index contributed by atoms with van der Waals surface area (Å²) in [5.74, 6) is 0.757. The normalized spacial score (nSPS) is 14.8. The van der Waals surface area contributed by atoms with Gasteiger partial charge in [-0.2, -0.15) is 5.26 Å². The number of hydrogen-bond donors (Lipinski definition) is 1. The van der Waals surface area contributed by atoms with E-state index >= 15 is 0 Å². The maximum Gasteiger partial charge on any atom is 0.144 e. The molecular formula is C15H21N3. The highest BCUT2D eigenvalue weighted by molar-refractivity contribution is 5.54.